The molecule has 2 heterocycles. The highest BCUT2D eigenvalue weighted by Crippen LogP contribution is 2.58. The third kappa shape index (κ3) is 3.83. The Labute approximate surface area is 196 Å². The zero-order valence-corrected chi connectivity index (χ0v) is 19.9. The van der Waals surface area contributed by atoms with E-state index >= 15 is 0 Å². The Morgan fingerprint density at radius 1 is 0.909 bits per heavy atom. The summed E-state index contributed by atoms with van der Waals surface area (Å²) in [6.45, 7) is 1.83. The number of fused-ring (bicyclic) bond motifs is 6. The van der Waals surface area contributed by atoms with Crippen LogP contribution in [-0.4, -0.2) is 51.0 Å². The number of carbonyl (C=O) groups is 1. The first-order chi connectivity index (χ1) is 16.0. The molecule has 1 saturated heterocycles. The smallest absolute Gasteiger partial charge is 0.243 e. The van der Waals surface area contributed by atoms with Crippen molar-refractivity contribution in [2.24, 2.45) is 29.6 Å². The van der Waals surface area contributed by atoms with Crippen molar-refractivity contribution in [1.82, 2.24) is 9.62 Å². The van der Waals surface area contributed by atoms with E-state index in [0.717, 1.165) is 30.6 Å². The Morgan fingerprint density at radius 3 is 2.48 bits per heavy atom. The summed E-state index contributed by atoms with van der Waals surface area (Å²) in [5.74, 6) is 4.34. The first-order valence-electron chi connectivity index (χ1n) is 12.7. The molecule has 5 unspecified atom stereocenters. The number of nitrogens with zero attached hydrogens (tertiary/aromatic N) is 1. The van der Waals surface area contributed by atoms with Gasteiger partial charge in [0.15, 0.2) is 11.5 Å². The van der Waals surface area contributed by atoms with Gasteiger partial charge in [-0.1, -0.05) is 6.42 Å². The lowest BCUT2D eigenvalue weighted by Crippen LogP contribution is -2.48. The van der Waals surface area contributed by atoms with Crippen LogP contribution in [0.15, 0.2) is 23.1 Å². The van der Waals surface area contributed by atoms with E-state index in [1.807, 2.05) is 0 Å². The van der Waals surface area contributed by atoms with E-state index in [4.69, 9.17) is 9.47 Å². The molecule has 4 fully saturated rings. The number of hydrogen-bond acceptors (Lipinski definition) is 5. The van der Waals surface area contributed by atoms with Gasteiger partial charge in [-0.05, 0) is 74.3 Å². The number of sulfonamides is 1. The van der Waals surface area contributed by atoms with E-state index in [2.05, 4.69) is 5.32 Å². The molecule has 33 heavy (non-hydrogen) atoms. The molecule has 0 radical (unpaired) electrons. The van der Waals surface area contributed by atoms with Crippen LogP contribution in [0.1, 0.15) is 51.4 Å². The Hall–Kier alpha value is -1.80. The summed E-state index contributed by atoms with van der Waals surface area (Å²) >= 11 is 0. The van der Waals surface area contributed by atoms with Gasteiger partial charge in [-0.3, -0.25) is 4.79 Å². The molecule has 3 aliphatic carbocycles. The zero-order valence-electron chi connectivity index (χ0n) is 19.1. The Morgan fingerprint density at radius 2 is 1.67 bits per heavy atom. The monoisotopic (exact) mass is 474 g/mol. The number of ether oxygens (including phenoxy) is 2. The first kappa shape index (κ1) is 21.7. The number of hydrogen-bond donors (Lipinski definition) is 1. The fraction of sp³-hybridized carbons (Fsp3) is 0.720. The summed E-state index contributed by atoms with van der Waals surface area (Å²) in [5, 5.41) is 3.38. The standard InChI is InChI=1S/C25H34N2O5S/c28-25(26-22-14-17-13-21(22)20-4-1-3-19(17)20)16-7-9-27(10-8-16)33(29,30)18-5-6-23-24(15-18)32-12-2-11-31-23/h5-6,15-17,19-22H,1-4,7-14H2,(H,26,28). The van der Waals surface area contributed by atoms with Crippen molar-refractivity contribution in [2.75, 3.05) is 26.3 Å². The maximum absolute atomic E-state index is 13.2. The maximum Gasteiger partial charge on any atom is 0.243 e. The highest BCUT2D eigenvalue weighted by atomic mass is 32.2. The number of carbonyl (C=O) groups excluding carboxylic acids is 1. The van der Waals surface area contributed by atoms with Crippen molar-refractivity contribution in [2.45, 2.75) is 62.3 Å². The summed E-state index contributed by atoms with van der Waals surface area (Å²) < 4.78 is 39.3. The van der Waals surface area contributed by atoms with Gasteiger partial charge < -0.3 is 14.8 Å². The van der Waals surface area contributed by atoms with Crippen LogP contribution in [0.4, 0.5) is 0 Å². The molecule has 5 atom stereocenters. The quantitative estimate of drug-likeness (QED) is 0.725. The van der Waals surface area contributed by atoms with Crippen LogP contribution in [0.25, 0.3) is 0 Å². The van der Waals surface area contributed by atoms with Gasteiger partial charge in [-0.25, -0.2) is 8.42 Å². The zero-order chi connectivity index (χ0) is 22.6. The number of amides is 1. The molecule has 2 aliphatic heterocycles. The fourth-order valence-electron chi connectivity index (χ4n) is 7.35. The van der Waals surface area contributed by atoms with Crippen molar-refractivity contribution in [3.05, 3.63) is 18.2 Å². The molecule has 180 valence electrons. The predicted molar refractivity (Wildman–Crippen MR) is 123 cm³/mol. The van der Waals surface area contributed by atoms with E-state index in [1.165, 1.54) is 30.0 Å². The Bertz CT molecular complexity index is 1020. The van der Waals surface area contributed by atoms with E-state index in [1.54, 1.807) is 18.2 Å². The van der Waals surface area contributed by atoms with Crippen molar-refractivity contribution >= 4 is 15.9 Å². The topological polar surface area (TPSA) is 84.9 Å². The molecule has 1 aromatic carbocycles. The van der Waals surface area contributed by atoms with Gasteiger partial charge in [0.25, 0.3) is 0 Å². The number of nitrogens with one attached hydrogen (secondary N) is 1. The number of piperidine rings is 1. The van der Waals surface area contributed by atoms with E-state index in [-0.39, 0.29) is 16.7 Å². The second-order valence-corrected chi connectivity index (χ2v) is 12.5. The molecule has 7 nitrogen and oxygen atoms in total. The van der Waals surface area contributed by atoms with Crippen LogP contribution in [-0.2, 0) is 14.8 Å². The van der Waals surface area contributed by atoms with Gasteiger partial charge in [0.2, 0.25) is 15.9 Å². The molecular formula is C25H34N2O5S. The van der Waals surface area contributed by atoms with Gasteiger partial charge in [0.05, 0.1) is 18.1 Å². The molecule has 5 aliphatic rings. The van der Waals surface area contributed by atoms with Gasteiger partial charge in [0, 0.05) is 37.5 Å². The van der Waals surface area contributed by atoms with E-state index < -0.39 is 10.0 Å². The van der Waals surface area contributed by atoms with Crippen LogP contribution < -0.4 is 14.8 Å². The minimum atomic E-state index is -3.63. The second kappa shape index (κ2) is 8.45. The fourth-order valence-corrected chi connectivity index (χ4v) is 8.83. The Balaban J connectivity index is 1.06. The maximum atomic E-state index is 13.2. The molecule has 6 rings (SSSR count). The third-order valence-corrected chi connectivity index (χ3v) is 10.8. The summed E-state index contributed by atoms with van der Waals surface area (Å²) in [7, 11) is -3.63. The van der Waals surface area contributed by atoms with Crippen LogP contribution in [0, 0.1) is 29.6 Å². The SMILES string of the molecule is O=C(NC1CC2CC1C1CCCC21)C1CCN(S(=O)(=O)c2ccc3c(c2)OCCCO3)CC1. The predicted octanol–water partition coefficient (Wildman–Crippen LogP) is 3.19. The summed E-state index contributed by atoms with van der Waals surface area (Å²) in [6.07, 6.45) is 8.46. The van der Waals surface area contributed by atoms with E-state index in [9.17, 15) is 13.2 Å². The number of benzene rings is 1. The molecule has 1 aromatic rings. The molecule has 0 aromatic heterocycles. The molecule has 3 saturated carbocycles. The highest BCUT2D eigenvalue weighted by Gasteiger charge is 2.54. The highest BCUT2D eigenvalue weighted by molar-refractivity contribution is 7.89. The summed E-state index contributed by atoms with van der Waals surface area (Å²) in [4.78, 5) is 13.3. The minimum Gasteiger partial charge on any atom is -0.490 e. The van der Waals surface area contributed by atoms with Crippen molar-refractivity contribution in [3.8, 4) is 11.5 Å². The largest absolute Gasteiger partial charge is 0.490 e. The number of rotatable bonds is 4. The summed E-state index contributed by atoms with van der Waals surface area (Å²) in [5.41, 5.74) is 0. The molecule has 0 spiro atoms. The Kier molecular flexibility index (Phi) is 5.56. The third-order valence-electron chi connectivity index (χ3n) is 8.94. The average molecular weight is 475 g/mol. The van der Waals surface area contributed by atoms with Gasteiger partial charge in [-0.2, -0.15) is 4.31 Å². The molecule has 1 N–H and O–H groups in total. The van der Waals surface area contributed by atoms with Gasteiger partial charge in [-0.15, -0.1) is 0 Å². The van der Waals surface area contributed by atoms with Crippen molar-refractivity contribution in [3.63, 3.8) is 0 Å². The normalized spacial score (nSPS) is 34.1. The second-order valence-electron chi connectivity index (χ2n) is 10.6. The van der Waals surface area contributed by atoms with Crippen molar-refractivity contribution in [1.29, 1.82) is 0 Å². The van der Waals surface area contributed by atoms with Gasteiger partial charge >= 0.3 is 0 Å². The van der Waals surface area contributed by atoms with Crippen LogP contribution >= 0.6 is 0 Å². The molecular weight excluding hydrogens is 440 g/mol. The lowest BCUT2D eigenvalue weighted by Gasteiger charge is -2.35. The molecule has 2 bridgehead atoms. The van der Waals surface area contributed by atoms with Crippen LogP contribution in [0.3, 0.4) is 0 Å². The average Bonchev–Trinajstić information content (AvgIpc) is 3.49. The van der Waals surface area contributed by atoms with Gasteiger partial charge in [0.1, 0.15) is 0 Å². The first-order valence-corrected chi connectivity index (χ1v) is 14.1. The minimum absolute atomic E-state index is 0.0984. The van der Waals surface area contributed by atoms with Crippen LogP contribution in [0.5, 0.6) is 11.5 Å². The van der Waals surface area contributed by atoms with E-state index in [0.29, 0.717) is 62.6 Å². The van der Waals surface area contributed by atoms with Crippen LogP contribution in [0.2, 0.25) is 0 Å². The van der Waals surface area contributed by atoms with Crippen molar-refractivity contribution < 1.29 is 22.7 Å². The molecule has 1 amide bonds. The lowest BCUT2D eigenvalue weighted by atomic mass is 9.79. The molecule has 8 heteroatoms. The summed E-state index contributed by atoms with van der Waals surface area (Å²) in [6, 6.07) is 5.18. The lowest BCUT2D eigenvalue weighted by molar-refractivity contribution is -0.127.